The first-order chi connectivity index (χ1) is 16.0. The minimum absolute atomic E-state index is 0. The van der Waals surface area contributed by atoms with E-state index in [4.69, 9.17) is 9.47 Å². The number of nitrogens with one attached hydrogen (secondary N) is 3. The zero-order chi connectivity index (χ0) is 22.9. The van der Waals surface area contributed by atoms with Crippen molar-refractivity contribution in [1.29, 1.82) is 0 Å². The summed E-state index contributed by atoms with van der Waals surface area (Å²) in [4.78, 5) is 12.4. The number of aromatic amines is 1. The molecule has 0 spiro atoms. The normalized spacial score (nSPS) is 15.2. The molecule has 0 radical (unpaired) electrons. The lowest BCUT2D eigenvalue weighted by molar-refractivity contribution is 0.124. The predicted molar refractivity (Wildman–Crippen MR) is 140 cm³/mol. The van der Waals surface area contributed by atoms with Gasteiger partial charge in [0.1, 0.15) is 12.1 Å². The SMILES string of the molecule is COc1cc2c(Nc3ccc4[nH]c(C)c(C)c4c3)ncnc2cc1OC(C)C1CCNCC1.Cl. The second kappa shape index (κ2) is 10.1. The number of nitrogens with zero attached hydrogens (tertiary/aromatic N) is 2. The molecule has 0 saturated carbocycles. The largest absolute Gasteiger partial charge is 0.493 e. The number of anilines is 2. The van der Waals surface area contributed by atoms with Gasteiger partial charge in [0.15, 0.2) is 11.5 Å². The third kappa shape index (κ3) is 4.63. The van der Waals surface area contributed by atoms with Gasteiger partial charge in [-0.05, 0) is 82.4 Å². The number of hydrogen-bond acceptors (Lipinski definition) is 6. The number of benzene rings is 2. The van der Waals surface area contributed by atoms with Gasteiger partial charge >= 0.3 is 0 Å². The molecule has 0 bridgehead atoms. The Bertz CT molecular complexity index is 1300. The third-order valence-electron chi connectivity index (χ3n) is 6.85. The maximum atomic E-state index is 6.37. The van der Waals surface area contributed by atoms with Crippen LogP contribution in [0.15, 0.2) is 36.7 Å². The number of ether oxygens (including phenoxy) is 2. The highest BCUT2D eigenvalue weighted by molar-refractivity contribution is 5.94. The number of halogens is 1. The summed E-state index contributed by atoms with van der Waals surface area (Å²) in [5, 5.41) is 8.98. The van der Waals surface area contributed by atoms with Gasteiger partial charge in [-0.25, -0.2) is 9.97 Å². The molecule has 1 saturated heterocycles. The van der Waals surface area contributed by atoms with E-state index in [9.17, 15) is 0 Å². The highest BCUT2D eigenvalue weighted by Crippen LogP contribution is 2.37. The molecule has 0 amide bonds. The Morgan fingerprint density at radius 1 is 1.03 bits per heavy atom. The first kappa shape index (κ1) is 24.1. The van der Waals surface area contributed by atoms with Crippen molar-refractivity contribution in [3.8, 4) is 11.5 Å². The second-order valence-corrected chi connectivity index (χ2v) is 8.91. The number of aryl methyl sites for hydroxylation is 2. The molecular weight excluding hydrogens is 450 g/mol. The first-order valence-corrected chi connectivity index (χ1v) is 11.6. The predicted octanol–water partition coefficient (Wildman–Crippen LogP) is 5.67. The number of hydrogen-bond donors (Lipinski definition) is 3. The van der Waals surface area contributed by atoms with Gasteiger partial charge < -0.3 is 25.1 Å². The van der Waals surface area contributed by atoms with Gasteiger partial charge in [-0.1, -0.05) is 0 Å². The number of H-pyrrole nitrogens is 1. The van der Waals surface area contributed by atoms with E-state index < -0.39 is 0 Å². The van der Waals surface area contributed by atoms with Crippen molar-refractivity contribution in [2.75, 3.05) is 25.5 Å². The quantitative estimate of drug-likeness (QED) is 0.329. The molecule has 180 valence electrons. The van der Waals surface area contributed by atoms with Gasteiger partial charge in [0.2, 0.25) is 0 Å². The molecule has 1 unspecified atom stereocenters. The molecule has 1 atom stereocenters. The second-order valence-electron chi connectivity index (χ2n) is 8.91. The summed E-state index contributed by atoms with van der Waals surface area (Å²) in [6.07, 6.45) is 3.94. The van der Waals surface area contributed by atoms with Crippen molar-refractivity contribution in [2.45, 2.75) is 39.7 Å². The van der Waals surface area contributed by atoms with Crippen molar-refractivity contribution in [1.82, 2.24) is 20.3 Å². The molecule has 1 fully saturated rings. The molecule has 7 nitrogen and oxygen atoms in total. The molecule has 3 heterocycles. The summed E-state index contributed by atoms with van der Waals surface area (Å²) >= 11 is 0. The Morgan fingerprint density at radius 3 is 2.59 bits per heavy atom. The minimum atomic E-state index is 0. The summed E-state index contributed by atoms with van der Waals surface area (Å²) in [5.74, 6) is 2.68. The van der Waals surface area contributed by atoms with E-state index in [1.54, 1.807) is 13.4 Å². The fraction of sp³-hybridized carbons (Fsp3) is 0.385. The highest BCUT2D eigenvalue weighted by Gasteiger charge is 2.23. The molecule has 34 heavy (non-hydrogen) atoms. The zero-order valence-electron chi connectivity index (χ0n) is 20.1. The number of fused-ring (bicyclic) bond motifs is 2. The Balaban J connectivity index is 0.00000274. The average Bonchev–Trinajstić information content (AvgIpc) is 3.12. The van der Waals surface area contributed by atoms with Crippen LogP contribution in [0.3, 0.4) is 0 Å². The van der Waals surface area contributed by atoms with Crippen LogP contribution in [0.2, 0.25) is 0 Å². The molecule has 2 aromatic heterocycles. The van der Waals surface area contributed by atoms with Crippen LogP contribution in [0.4, 0.5) is 11.5 Å². The Morgan fingerprint density at radius 2 is 1.82 bits per heavy atom. The van der Waals surface area contributed by atoms with Crippen LogP contribution >= 0.6 is 12.4 Å². The van der Waals surface area contributed by atoms with Crippen LogP contribution in [0.25, 0.3) is 21.8 Å². The molecule has 5 rings (SSSR count). The highest BCUT2D eigenvalue weighted by atomic mass is 35.5. The molecule has 4 aromatic rings. The smallest absolute Gasteiger partial charge is 0.163 e. The summed E-state index contributed by atoms with van der Waals surface area (Å²) in [7, 11) is 1.67. The molecule has 2 aromatic carbocycles. The summed E-state index contributed by atoms with van der Waals surface area (Å²) in [6.45, 7) is 8.47. The van der Waals surface area contributed by atoms with Crippen LogP contribution < -0.4 is 20.1 Å². The van der Waals surface area contributed by atoms with Gasteiger partial charge in [0.25, 0.3) is 0 Å². The molecular formula is C26H32ClN5O2. The van der Waals surface area contributed by atoms with Gasteiger partial charge in [0.05, 0.1) is 18.7 Å². The molecule has 1 aliphatic rings. The third-order valence-corrected chi connectivity index (χ3v) is 6.85. The van der Waals surface area contributed by atoms with E-state index >= 15 is 0 Å². The zero-order valence-corrected chi connectivity index (χ0v) is 20.9. The Labute approximate surface area is 206 Å². The summed E-state index contributed by atoms with van der Waals surface area (Å²) in [5.41, 5.74) is 5.37. The van der Waals surface area contributed by atoms with Crippen molar-refractivity contribution in [3.63, 3.8) is 0 Å². The lowest BCUT2D eigenvalue weighted by Crippen LogP contribution is -2.35. The molecule has 0 aliphatic carbocycles. The van der Waals surface area contributed by atoms with Crippen LogP contribution in [-0.4, -0.2) is 41.3 Å². The van der Waals surface area contributed by atoms with E-state index in [-0.39, 0.29) is 18.5 Å². The summed E-state index contributed by atoms with van der Waals surface area (Å²) in [6, 6.07) is 10.2. The minimum Gasteiger partial charge on any atom is -0.493 e. The lowest BCUT2D eigenvalue weighted by Gasteiger charge is -2.29. The van der Waals surface area contributed by atoms with Gasteiger partial charge in [-0.3, -0.25) is 0 Å². The maximum absolute atomic E-state index is 6.37. The fourth-order valence-corrected chi connectivity index (χ4v) is 4.70. The van der Waals surface area contributed by atoms with Crippen LogP contribution in [0, 0.1) is 19.8 Å². The van der Waals surface area contributed by atoms with Gasteiger partial charge in [-0.15, -0.1) is 12.4 Å². The number of rotatable bonds is 6. The van der Waals surface area contributed by atoms with Crippen molar-refractivity contribution in [2.24, 2.45) is 5.92 Å². The van der Waals surface area contributed by atoms with Crippen molar-refractivity contribution >= 4 is 45.7 Å². The number of aromatic nitrogens is 3. The van der Waals surface area contributed by atoms with Crippen LogP contribution in [0.1, 0.15) is 31.0 Å². The van der Waals surface area contributed by atoms with E-state index in [1.807, 2.05) is 12.1 Å². The van der Waals surface area contributed by atoms with Crippen LogP contribution in [0.5, 0.6) is 11.5 Å². The standard InChI is InChI=1S/C26H31N5O2.ClH/c1-15-16(2)30-22-6-5-19(11-20(15)22)31-26-21-12-24(32-4)25(13-23(21)28-14-29-26)33-17(3)18-7-9-27-10-8-18;/h5-6,11-14,17-18,27,30H,7-10H2,1-4H3,(H,28,29,31);1H. The molecule has 1 aliphatic heterocycles. The Hall–Kier alpha value is -3.03. The molecule has 3 N–H and O–H groups in total. The van der Waals surface area contributed by atoms with Crippen LogP contribution in [-0.2, 0) is 0 Å². The monoisotopic (exact) mass is 481 g/mol. The number of methoxy groups -OCH3 is 1. The maximum Gasteiger partial charge on any atom is 0.163 e. The van der Waals surface area contributed by atoms with E-state index in [1.165, 1.54) is 16.6 Å². The lowest BCUT2D eigenvalue weighted by atomic mass is 9.93. The van der Waals surface area contributed by atoms with Crippen molar-refractivity contribution < 1.29 is 9.47 Å². The molecule has 8 heteroatoms. The fourth-order valence-electron chi connectivity index (χ4n) is 4.70. The average molecular weight is 482 g/mol. The topological polar surface area (TPSA) is 84.1 Å². The van der Waals surface area contributed by atoms with E-state index in [0.29, 0.717) is 11.7 Å². The summed E-state index contributed by atoms with van der Waals surface area (Å²) < 4.78 is 12.1. The van der Waals surface area contributed by atoms with E-state index in [2.05, 4.69) is 64.6 Å². The number of piperidine rings is 1. The van der Waals surface area contributed by atoms with E-state index in [0.717, 1.165) is 59.6 Å². The first-order valence-electron chi connectivity index (χ1n) is 11.6. The van der Waals surface area contributed by atoms with Gasteiger partial charge in [0, 0.05) is 33.7 Å². The van der Waals surface area contributed by atoms with Gasteiger partial charge in [-0.2, -0.15) is 0 Å². The van der Waals surface area contributed by atoms with Crippen molar-refractivity contribution in [3.05, 3.63) is 47.9 Å². The Kier molecular flexibility index (Phi) is 7.14.